The van der Waals surface area contributed by atoms with Gasteiger partial charge >= 0.3 is 0 Å². The van der Waals surface area contributed by atoms with Gasteiger partial charge in [0, 0.05) is 11.8 Å². The molecule has 6 heteroatoms. The maximum Gasteiger partial charge on any atom is 0.179 e. The summed E-state index contributed by atoms with van der Waals surface area (Å²) in [6.45, 7) is 2.06. The van der Waals surface area contributed by atoms with Crippen LogP contribution in [0.2, 0.25) is 0 Å². The lowest BCUT2D eigenvalue weighted by atomic mass is 10.2. The predicted molar refractivity (Wildman–Crippen MR) is 75.1 cm³/mol. The summed E-state index contributed by atoms with van der Waals surface area (Å²) >= 11 is 5.22. The number of nitrogens with one attached hydrogen (secondary N) is 1. The standard InChI is InChI=1S/C14H11F2N3S/c1-8-4-12-13(17-6-8)19(14(20)18-12)7-9-5-10(15)2-3-11(9)16/h2-6H,7H2,1H3,(H,18,20). The third-order valence-corrected chi connectivity index (χ3v) is 3.40. The minimum atomic E-state index is -0.475. The Hall–Kier alpha value is -2.08. The Morgan fingerprint density at radius 3 is 2.90 bits per heavy atom. The van der Waals surface area contributed by atoms with Crippen LogP contribution >= 0.6 is 12.2 Å². The van der Waals surface area contributed by atoms with Crippen LogP contribution in [0.3, 0.4) is 0 Å². The molecule has 0 aliphatic carbocycles. The van der Waals surface area contributed by atoms with Crippen LogP contribution in [0.4, 0.5) is 8.78 Å². The molecule has 20 heavy (non-hydrogen) atoms. The van der Waals surface area contributed by atoms with E-state index in [1.54, 1.807) is 10.8 Å². The van der Waals surface area contributed by atoms with E-state index in [0.29, 0.717) is 10.4 Å². The summed E-state index contributed by atoms with van der Waals surface area (Å²) in [4.78, 5) is 7.32. The molecule has 102 valence electrons. The van der Waals surface area contributed by atoms with Crippen molar-refractivity contribution in [2.24, 2.45) is 0 Å². The van der Waals surface area contributed by atoms with E-state index < -0.39 is 11.6 Å². The SMILES string of the molecule is Cc1cnc2c(c1)[nH]c(=S)n2Cc1cc(F)ccc1F. The molecule has 3 rings (SSSR count). The van der Waals surface area contributed by atoms with Gasteiger partial charge in [-0.15, -0.1) is 0 Å². The summed E-state index contributed by atoms with van der Waals surface area (Å²) in [7, 11) is 0. The van der Waals surface area contributed by atoms with Crippen LogP contribution in [0.15, 0.2) is 30.5 Å². The number of aryl methyl sites for hydroxylation is 1. The Morgan fingerprint density at radius 1 is 1.30 bits per heavy atom. The molecule has 0 atom stereocenters. The number of imidazole rings is 1. The number of H-pyrrole nitrogens is 1. The van der Waals surface area contributed by atoms with Gasteiger partial charge in [-0.05, 0) is 49.0 Å². The molecule has 2 heterocycles. The highest BCUT2D eigenvalue weighted by molar-refractivity contribution is 7.71. The van der Waals surface area contributed by atoms with Crippen LogP contribution in [0, 0.1) is 23.3 Å². The molecule has 3 nitrogen and oxygen atoms in total. The molecule has 0 radical (unpaired) electrons. The minimum Gasteiger partial charge on any atom is -0.329 e. The fourth-order valence-corrected chi connectivity index (χ4v) is 2.39. The smallest absolute Gasteiger partial charge is 0.179 e. The number of nitrogens with zero attached hydrogens (tertiary/aromatic N) is 2. The molecule has 0 saturated carbocycles. The van der Waals surface area contributed by atoms with Gasteiger partial charge in [0.1, 0.15) is 11.6 Å². The summed E-state index contributed by atoms with van der Waals surface area (Å²) < 4.78 is 29.0. The van der Waals surface area contributed by atoms with Crippen molar-refractivity contribution in [2.45, 2.75) is 13.5 Å². The second kappa shape index (κ2) is 4.79. The quantitative estimate of drug-likeness (QED) is 0.730. The Balaban J connectivity index is 2.13. The molecule has 0 saturated heterocycles. The zero-order chi connectivity index (χ0) is 14.3. The number of aromatic amines is 1. The molecule has 1 N–H and O–H groups in total. The summed E-state index contributed by atoms with van der Waals surface area (Å²) in [5.41, 5.74) is 2.65. The second-order valence-electron chi connectivity index (χ2n) is 4.64. The van der Waals surface area contributed by atoms with Gasteiger partial charge in [-0.3, -0.25) is 4.57 Å². The molecule has 3 aromatic rings. The maximum absolute atomic E-state index is 13.7. The maximum atomic E-state index is 13.7. The summed E-state index contributed by atoms with van der Waals surface area (Å²) in [5, 5.41) is 0. The zero-order valence-corrected chi connectivity index (χ0v) is 11.5. The molecule has 0 unspecified atom stereocenters. The number of rotatable bonds is 2. The molecule has 0 fully saturated rings. The number of halogens is 2. The van der Waals surface area contributed by atoms with E-state index >= 15 is 0 Å². The van der Waals surface area contributed by atoms with Gasteiger partial charge in [0.2, 0.25) is 0 Å². The average Bonchev–Trinajstić information content (AvgIpc) is 2.69. The number of benzene rings is 1. The van der Waals surface area contributed by atoms with E-state index in [1.807, 2.05) is 13.0 Å². The first-order valence-electron chi connectivity index (χ1n) is 6.03. The van der Waals surface area contributed by atoms with E-state index in [2.05, 4.69) is 9.97 Å². The normalized spacial score (nSPS) is 11.2. The third-order valence-electron chi connectivity index (χ3n) is 3.08. The third kappa shape index (κ3) is 2.22. The number of hydrogen-bond acceptors (Lipinski definition) is 2. The Kier molecular flexibility index (Phi) is 3.10. The average molecular weight is 291 g/mol. The second-order valence-corrected chi connectivity index (χ2v) is 5.02. The summed E-state index contributed by atoms with van der Waals surface area (Å²) in [5.74, 6) is -0.939. The molecule has 0 spiro atoms. The first kappa shape index (κ1) is 12.9. The van der Waals surface area contributed by atoms with Gasteiger partial charge in [0.15, 0.2) is 10.4 Å². The number of pyridine rings is 1. The van der Waals surface area contributed by atoms with Gasteiger partial charge in [-0.1, -0.05) is 0 Å². The Labute approximate surface area is 118 Å². The van der Waals surface area contributed by atoms with Gasteiger partial charge < -0.3 is 4.98 Å². The predicted octanol–water partition coefficient (Wildman–Crippen LogP) is 3.73. The van der Waals surface area contributed by atoms with Crippen molar-refractivity contribution in [1.29, 1.82) is 0 Å². The molecular formula is C14H11F2N3S. The van der Waals surface area contributed by atoms with Crippen LogP contribution in [0.25, 0.3) is 11.2 Å². The van der Waals surface area contributed by atoms with Gasteiger partial charge in [0.25, 0.3) is 0 Å². The topological polar surface area (TPSA) is 33.6 Å². The lowest BCUT2D eigenvalue weighted by Gasteiger charge is -2.06. The minimum absolute atomic E-state index is 0.137. The number of fused-ring (bicyclic) bond motifs is 1. The Bertz CT molecular complexity index is 851. The van der Waals surface area contributed by atoms with Crippen molar-refractivity contribution in [3.63, 3.8) is 0 Å². The fourth-order valence-electron chi connectivity index (χ4n) is 2.13. The summed E-state index contributed by atoms with van der Waals surface area (Å²) in [6, 6.07) is 5.29. The van der Waals surface area contributed by atoms with Crippen LogP contribution in [0.1, 0.15) is 11.1 Å². The van der Waals surface area contributed by atoms with E-state index in [9.17, 15) is 8.78 Å². The van der Waals surface area contributed by atoms with Crippen molar-refractivity contribution in [2.75, 3.05) is 0 Å². The molecule has 1 aromatic carbocycles. The van der Waals surface area contributed by atoms with Crippen molar-refractivity contribution >= 4 is 23.4 Å². The van der Waals surface area contributed by atoms with Gasteiger partial charge in [0.05, 0.1) is 12.1 Å². The highest BCUT2D eigenvalue weighted by atomic mass is 32.1. The van der Waals surface area contributed by atoms with Crippen LogP contribution < -0.4 is 0 Å². The highest BCUT2D eigenvalue weighted by Crippen LogP contribution is 2.17. The number of aromatic nitrogens is 3. The fraction of sp³-hybridized carbons (Fsp3) is 0.143. The van der Waals surface area contributed by atoms with Crippen LogP contribution in [-0.4, -0.2) is 14.5 Å². The van der Waals surface area contributed by atoms with E-state index in [0.717, 1.165) is 23.2 Å². The molecule has 2 aromatic heterocycles. The van der Waals surface area contributed by atoms with Crippen molar-refractivity contribution in [3.8, 4) is 0 Å². The molecule has 0 aliphatic heterocycles. The first-order chi connectivity index (χ1) is 9.54. The monoisotopic (exact) mass is 291 g/mol. The largest absolute Gasteiger partial charge is 0.329 e. The van der Waals surface area contributed by atoms with Crippen molar-refractivity contribution in [1.82, 2.24) is 14.5 Å². The van der Waals surface area contributed by atoms with Crippen LogP contribution in [-0.2, 0) is 6.54 Å². The molecular weight excluding hydrogens is 280 g/mol. The molecule has 0 bridgehead atoms. The van der Waals surface area contributed by atoms with Gasteiger partial charge in [-0.25, -0.2) is 13.8 Å². The summed E-state index contributed by atoms with van der Waals surface area (Å²) in [6.07, 6.45) is 1.71. The lowest BCUT2D eigenvalue weighted by molar-refractivity contribution is 0.577. The Morgan fingerprint density at radius 2 is 2.10 bits per heavy atom. The highest BCUT2D eigenvalue weighted by Gasteiger charge is 2.10. The zero-order valence-electron chi connectivity index (χ0n) is 10.7. The lowest BCUT2D eigenvalue weighted by Crippen LogP contribution is -2.03. The van der Waals surface area contributed by atoms with E-state index in [1.165, 1.54) is 6.07 Å². The molecule has 0 amide bonds. The van der Waals surface area contributed by atoms with Gasteiger partial charge in [-0.2, -0.15) is 0 Å². The van der Waals surface area contributed by atoms with E-state index in [-0.39, 0.29) is 12.1 Å². The van der Waals surface area contributed by atoms with E-state index in [4.69, 9.17) is 12.2 Å². The molecule has 0 aliphatic rings. The van der Waals surface area contributed by atoms with Crippen molar-refractivity contribution < 1.29 is 8.78 Å². The van der Waals surface area contributed by atoms with Crippen molar-refractivity contribution in [3.05, 3.63) is 58.0 Å². The van der Waals surface area contributed by atoms with Crippen LogP contribution in [0.5, 0.6) is 0 Å². The first-order valence-corrected chi connectivity index (χ1v) is 6.44. The number of hydrogen-bond donors (Lipinski definition) is 1.